The van der Waals surface area contributed by atoms with Crippen LogP contribution >= 0.6 is 11.6 Å². The van der Waals surface area contributed by atoms with Gasteiger partial charge in [-0.3, -0.25) is 0 Å². The van der Waals surface area contributed by atoms with Crippen molar-refractivity contribution >= 4 is 17.6 Å². The molecule has 98 valence electrons. The highest BCUT2D eigenvalue weighted by molar-refractivity contribution is 6.30. The van der Waals surface area contributed by atoms with Crippen molar-refractivity contribution < 1.29 is 14.6 Å². The van der Waals surface area contributed by atoms with Gasteiger partial charge in [-0.1, -0.05) is 35.9 Å². The highest BCUT2D eigenvalue weighted by Crippen LogP contribution is 2.24. The number of aliphatic hydroxyl groups is 1. The Morgan fingerprint density at radius 2 is 1.79 bits per heavy atom. The Balaban J connectivity index is 2.34. The van der Waals surface area contributed by atoms with Gasteiger partial charge in [0, 0.05) is 5.02 Å². The minimum absolute atomic E-state index is 0.404. The molecule has 2 rings (SSSR count). The van der Waals surface area contributed by atoms with Crippen molar-refractivity contribution in [3.63, 3.8) is 0 Å². The predicted octanol–water partition coefficient (Wildman–Crippen LogP) is 3.21. The van der Waals surface area contributed by atoms with E-state index in [0.717, 1.165) is 0 Å². The van der Waals surface area contributed by atoms with Gasteiger partial charge in [-0.25, -0.2) is 4.79 Å². The Morgan fingerprint density at radius 3 is 2.42 bits per heavy atom. The van der Waals surface area contributed by atoms with E-state index in [4.69, 9.17) is 11.6 Å². The molecule has 0 fully saturated rings. The molecule has 0 aliphatic rings. The summed E-state index contributed by atoms with van der Waals surface area (Å²) in [5, 5.41) is 10.8. The summed E-state index contributed by atoms with van der Waals surface area (Å²) in [6, 6.07) is 13.7. The van der Waals surface area contributed by atoms with E-state index >= 15 is 0 Å². The zero-order chi connectivity index (χ0) is 13.8. The minimum atomic E-state index is -0.830. The first-order valence-electron chi connectivity index (χ1n) is 5.73. The van der Waals surface area contributed by atoms with Crippen molar-refractivity contribution in [1.82, 2.24) is 0 Å². The van der Waals surface area contributed by atoms with Gasteiger partial charge in [0.15, 0.2) is 0 Å². The lowest BCUT2D eigenvalue weighted by atomic mass is 10.00. The average molecular weight is 277 g/mol. The van der Waals surface area contributed by atoms with Crippen molar-refractivity contribution in [1.29, 1.82) is 0 Å². The molecule has 4 heteroatoms. The molecule has 1 N–H and O–H groups in total. The number of carbonyl (C=O) groups is 1. The van der Waals surface area contributed by atoms with Crippen LogP contribution in [0.4, 0.5) is 0 Å². The van der Waals surface area contributed by atoms with Gasteiger partial charge in [0.05, 0.1) is 12.7 Å². The normalized spacial score (nSPS) is 11.9. The second kappa shape index (κ2) is 5.87. The van der Waals surface area contributed by atoms with Gasteiger partial charge >= 0.3 is 5.97 Å². The first-order chi connectivity index (χ1) is 9.11. The lowest BCUT2D eigenvalue weighted by Crippen LogP contribution is -2.04. The van der Waals surface area contributed by atoms with E-state index in [-0.39, 0.29) is 0 Å². The van der Waals surface area contributed by atoms with Crippen LogP contribution in [0.1, 0.15) is 27.6 Å². The van der Waals surface area contributed by atoms with E-state index in [1.165, 1.54) is 7.11 Å². The number of hydrogen-bond donors (Lipinski definition) is 1. The molecule has 0 saturated carbocycles. The Labute approximate surface area is 116 Å². The lowest BCUT2D eigenvalue weighted by Gasteiger charge is -2.12. The number of hydrogen-bond acceptors (Lipinski definition) is 3. The molecule has 19 heavy (non-hydrogen) atoms. The fourth-order valence-corrected chi connectivity index (χ4v) is 2.02. The van der Waals surface area contributed by atoms with Crippen molar-refractivity contribution in [2.45, 2.75) is 6.10 Å². The molecule has 2 aromatic carbocycles. The van der Waals surface area contributed by atoms with Gasteiger partial charge in [0.25, 0.3) is 0 Å². The van der Waals surface area contributed by atoms with Crippen LogP contribution in [0.15, 0.2) is 48.5 Å². The number of methoxy groups -OCH3 is 1. The van der Waals surface area contributed by atoms with E-state index in [1.54, 1.807) is 48.5 Å². The quantitative estimate of drug-likeness (QED) is 0.876. The maximum absolute atomic E-state index is 11.5. The second-order valence-corrected chi connectivity index (χ2v) is 4.51. The highest BCUT2D eigenvalue weighted by Gasteiger charge is 2.13. The van der Waals surface area contributed by atoms with Crippen molar-refractivity contribution in [3.8, 4) is 0 Å². The molecule has 0 radical (unpaired) electrons. The van der Waals surface area contributed by atoms with Gasteiger partial charge in [0.1, 0.15) is 6.10 Å². The first-order valence-corrected chi connectivity index (χ1v) is 6.11. The largest absolute Gasteiger partial charge is 0.465 e. The van der Waals surface area contributed by atoms with Gasteiger partial charge in [-0.05, 0) is 35.4 Å². The van der Waals surface area contributed by atoms with Crippen molar-refractivity contribution in [3.05, 3.63) is 70.2 Å². The molecule has 0 spiro atoms. The minimum Gasteiger partial charge on any atom is -0.465 e. The molecule has 0 heterocycles. The summed E-state index contributed by atoms with van der Waals surface area (Å²) in [7, 11) is 1.32. The van der Waals surface area contributed by atoms with Crippen molar-refractivity contribution in [2.24, 2.45) is 0 Å². The number of rotatable bonds is 3. The Bertz CT molecular complexity index is 595. The topological polar surface area (TPSA) is 46.5 Å². The van der Waals surface area contributed by atoms with Gasteiger partial charge < -0.3 is 9.84 Å². The third kappa shape index (κ3) is 3.13. The molecule has 0 amide bonds. The molecular formula is C15H13ClO3. The molecular weight excluding hydrogens is 264 g/mol. The maximum Gasteiger partial charge on any atom is 0.337 e. The number of carbonyl (C=O) groups excluding carboxylic acids is 1. The molecule has 0 aromatic heterocycles. The summed E-state index contributed by atoms with van der Waals surface area (Å²) in [4.78, 5) is 11.5. The van der Waals surface area contributed by atoms with E-state index < -0.39 is 12.1 Å². The fraction of sp³-hybridized carbons (Fsp3) is 0.133. The zero-order valence-corrected chi connectivity index (χ0v) is 11.1. The molecule has 1 unspecified atom stereocenters. The third-order valence-corrected chi connectivity index (χ3v) is 3.02. The van der Waals surface area contributed by atoms with Crippen LogP contribution in [-0.2, 0) is 4.74 Å². The summed E-state index contributed by atoms with van der Waals surface area (Å²) in [5.41, 5.74) is 1.70. The van der Waals surface area contributed by atoms with E-state index in [2.05, 4.69) is 4.74 Å². The first kappa shape index (κ1) is 13.6. The summed E-state index contributed by atoms with van der Waals surface area (Å²) in [6.07, 6.45) is -0.830. The number of halogens is 1. The molecule has 1 atom stereocenters. The van der Waals surface area contributed by atoms with Crippen LogP contribution in [0.2, 0.25) is 5.02 Å². The van der Waals surface area contributed by atoms with Crippen LogP contribution in [0.25, 0.3) is 0 Å². The standard InChI is InChI=1S/C15H13ClO3/c1-19-15(18)12-6-2-4-10(8-12)14(17)11-5-3-7-13(16)9-11/h2-9,14,17H,1H3. The number of aliphatic hydroxyl groups excluding tert-OH is 1. The summed E-state index contributed by atoms with van der Waals surface area (Å²) in [6.45, 7) is 0. The summed E-state index contributed by atoms with van der Waals surface area (Å²) in [5.74, 6) is -0.430. The molecule has 3 nitrogen and oxygen atoms in total. The Morgan fingerprint density at radius 1 is 1.16 bits per heavy atom. The van der Waals surface area contributed by atoms with Crippen LogP contribution in [0.5, 0.6) is 0 Å². The fourth-order valence-electron chi connectivity index (χ4n) is 1.82. The maximum atomic E-state index is 11.5. The molecule has 0 bridgehead atoms. The summed E-state index contributed by atoms with van der Waals surface area (Å²) >= 11 is 5.90. The molecule has 0 aliphatic heterocycles. The van der Waals surface area contributed by atoms with Crippen LogP contribution in [0, 0.1) is 0 Å². The van der Waals surface area contributed by atoms with Crippen LogP contribution in [-0.4, -0.2) is 18.2 Å². The summed E-state index contributed by atoms with van der Waals surface area (Å²) < 4.78 is 4.65. The third-order valence-electron chi connectivity index (χ3n) is 2.79. The van der Waals surface area contributed by atoms with Gasteiger partial charge in [0.2, 0.25) is 0 Å². The number of ether oxygens (including phenoxy) is 1. The van der Waals surface area contributed by atoms with Crippen molar-refractivity contribution in [2.75, 3.05) is 7.11 Å². The lowest BCUT2D eigenvalue weighted by molar-refractivity contribution is 0.0600. The monoisotopic (exact) mass is 276 g/mol. The average Bonchev–Trinajstić information content (AvgIpc) is 2.45. The smallest absolute Gasteiger partial charge is 0.337 e. The predicted molar refractivity (Wildman–Crippen MR) is 73.3 cm³/mol. The van der Waals surface area contributed by atoms with Crippen LogP contribution < -0.4 is 0 Å². The Hall–Kier alpha value is -1.84. The highest BCUT2D eigenvalue weighted by atomic mass is 35.5. The number of benzene rings is 2. The molecule has 0 aliphatic carbocycles. The van der Waals surface area contributed by atoms with Gasteiger partial charge in [-0.2, -0.15) is 0 Å². The Kier molecular flexibility index (Phi) is 4.20. The second-order valence-electron chi connectivity index (χ2n) is 4.07. The van der Waals surface area contributed by atoms with Gasteiger partial charge in [-0.15, -0.1) is 0 Å². The molecule has 0 saturated heterocycles. The zero-order valence-electron chi connectivity index (χ0n) is 10.3. The van der Waals surface area contributed by atoms with E-state index in [0.29, 0.717) is 21.7 Å². The van der Waals surface area contributed by atoms with Crippen LogP contribution in [0.3, 0.4) is 0 Å². The van der Waals surface area contributed by atoms with E-state index in [9.17, 15) is 9.90 Å². The number of esters is 1. The SMILES string of the molecule is COC(=O)c1cccc(C(O)c2cccc(Cl)c2)c1. The molecule has 2 aromatic rings. The van der Waals surface area contributed by atoms with E-state index in [1.807, 2.05) is 0 Å².